The molecule has 0 N–H and O–H groups in total. The molecule has 1 fully saturated rings. The fourth-order valence-electron chi connectivity index (χ4n) is 4.12. The van der Waals surface area contributed by atoms with Crippen LogP contribution in [-0.2, 0) is 13.1 Å². The van der Waals surface area contributed by atoms with Gasteiger partial charge in [-0.3, -0.25) is 9.88 Å². The van der Waals surface area contributed by atoms with Crippen LogP contribution in [0.3, 0.4) is 0 Å². The molecule has 0 saturated carbocycles. The van der Waals surface area contributed by atoms with Crippen molar-refractivity contribution in [3.05, 3.63) is 71.8 Å². The van der Waals surface area contributed by atoms with Crippen molar-refractivity contribution >= 4 is 0 Å². The van der Waals surface area contributed by atoms with Gasteiger partial charge in [0.2, 0.25) is 0 Å². The maximum Gasteiger partial charge on any atom is 0.140 e. The number of rotatable bonds is 5. The maximum atomic E-state index is 9.12. The van der Waals surface area contributed by atoms with E-state index in [0.29, 0.717) is 5.92 Å². The van der Waals surface area contributed by atoms with Crippen molar-refractivity contribution in [2.24, 2.45) is 5.92 Å². The number of benzene rings is 1. The van der Waals surface area contributed by atoms with E-state index < -0.39 is 0 Å². The summed E-state index contributed by atoms with van der Waals surface area (Å²) in [5, 5.41) is 9.12. The van der Waals surface area contributed by atoms with Crippen molar-refractivity contribution < 1.29 is 0 Å². The molecule has 5 nitrogen and oxygen atoms in total. The third-order valence-corrected chi connectivity index (χ3v) is 5.50. The molecule has 142 valence electrons. The summed E-state index contributed by atoms with van der Waals surface area (Å²) in [6.45, 7) is 6.22. The molecule has 3 heterocycles. The van der Waals surface area contributed by atoms with Crippen LogP contribution in [0.1, 0.15) is 29.7 Å². The minimum absolute atomic E-state index is 0.599. The van der Waals surface area contributed by atoms with E-state index in [1.165, 1.54) is 24.1 Å². The van der Waals surface area contributed by atoms with Gasteiger partial charge in [-0.1, -0.05) is 12.1 Å². The van der Waals surface area contributed by atoms with Crippen molar-refractivity contribution in [2.45, 2.75) is 32.9 Å². The number of hydrogen-bond donors (Lipinski definition) is 0. The Kier molecular flexibility index (Phi) is 5.50. The van der Waals surface area contributed by atoms with E-state index in [1.54, 1.807) is 0 Å². The number of aryl methyl sites for hydroxylation is 1. The molecule has 1 aliphatic heterocycles. The molecule has 4 rings (SSSR count). The van der Waals surface area contributed by atoms with Crippen LogP contribution in [-0.4, -0.2) is 32.5 Å². The average molecular weight is 371 g/mol. The molecule has 5 heteroatoms. The summed E-state index contributed by atoms with van der Waals surface area (Å²) < 4.78 is 2.35. The molecule has 3 aromatic rings. The van der Waals surface area contributed by atoms with Gasteiger partial charge in [0.15, 0.2) is 0 Å². The second-order valence-corrected chi connectivity index (χ2v) is 7.63. The number of aromatic nitrogens is 3. The number of hydrogen-bond acceptors (Lipinski definition) is 4. The monoisotopic (exact) mass is 371 g/mol. The summed E-state index contributed by atoms with van der Waals surface area (Å²) in [6, 6.07) is 14.2. The van der Waals surface area contributed by atoms with E-state index in [0.717, 1.165) is 43.1 Å². The van der Waals surface area contributed by atoms with Crippen molar-refractivity contribution in [3.63, 3.8) is 0 Å². The van der Waals surface area contributed by atoms with E-state index in [2.05, 4.69) is 38.5 Å². The first-order valence-electron chi connectivity index (χ1n) is 9.87. The molecule has 1 atom stereocenters. The SMILES string of the molecule is Cc1cnc(-c2ccncc2)n1CC1CCCN(Cc2cccc(C#N)c2)C1. The van der Waals surface area contributed by atoms with Crippen LogP contribution in [0.2, 0.25) is 0 Å². The van der Waals surface area contributed by atoms with Gasteiger partial charge in [0.1, 0.15) is 5.82 Å². The molecule has 28 heavy (non-hydrogen) atoms. The normalized spacial score (nSPS) is 17.4. The van der Waals surface area contributed by atoms with Crippen molar-refractivity contribution in [1.82, 2.24) is 19.4 Å². The lowest BCUT2D eigenvalue weighted by molar-refractivity contribution is 0.156. The fraction of sp³-hybridized carbons (Fsp3) is 0.348. The van der Waals surface area contributed by atoms with Gasteiger partial charge in [0.05, 0.1) is 11.6 Å². The van der Waals surface area contributed by atoms with Gasteiger partial charge in [-0.15, -0.1) is 0 Å². The predicted octanol–water partition coefficient (Wildman–Crippen LogP) is 4.04. The average Bonchev–Trinajstić information content (AvgIpc) is 3.09. The second kappa shape index (κ2) is 8.37. The van der Waals surface area contributed by atoms with Crippen LogP contribution in [0.25, 0.3) is 11.4 Å². The lowest BCUT2D eigenvalue weighted by Crippen LogP contribution is -2.36. The summed E-state index contributed by atoms with van der Waals surface area (Å²) in [5.41, 5.74) is 4.27. The van der Waals surface area contributed by atoms with E-state index in [1.807, 2.05) is 48.9 Å². The van der Waals surface area contributed by atoms with E-state index in [4.69, 9.17) is 5.26 Å². The van der Waals surface area contributed by atoms with Crippen molar-refractivity contribution in [2.75, 3.05) is 13.1 Å². The third-order valence-electron chi connectivity index (χ3n) is 5.50. The molecular formula is C23H25N5. The molecular weight excluding hydrogens is 346 g/mol. The van der Waals surface area contributed by atoms with E-state index >= 15 is 0 Å². The number of pyridine rings is 1. The Morgan fingerprint density at radius 1 is 1.21 bits per heavy atom. The minimum atomic E-state index is 0.599. The summed E-state index contributed by atoms with van der Waals surface area (Å²) in [5.74, 6) is 1.63. The third kappa shape index (κ3) is 4.13. The molecule has 1 aliphatic rings. The number of imidazole rings is 1. The van der Waals surface area contributed by atoms with Crippen LogP contribution in [0.15, 0.2) is 55.0 Å². The molecule has 1 aromatic carbocycles. The Labute approximate surface area is 166 Å². The molecule has 0 amide bonds. The number of nitriles is 1. The van der Waals surface area contributed by atoms with Gasteiger partial charge in [-0.25, -0.2) is 4.98 Å². The van der Waals surface area contributed by atoms with Gasteiger partial charge in [0.25, 0.3) is 0 Å². The molecule has 0 spiro atoms. The Bertz CT molecular complexity index is 970. The first-order valence-corrected chi connectivity index (χ1v) is 9.87. The highest BCUT2D eigenvalue weighted by Gasteiger charge is 2.22. The van der Waals surface area contributed by atoms with Crippen LogP contribution in [0.5, 0.6) is 0 Å². The van der Waals surface area contributed by atoms with Gasteiger partial charge in [-0.05, 0) is 62.1 Å². The van der Waals surface area contributed by atoms with Gasteiger partial charge in [0, 0.05) is 49.5 Å². The highest BCUT2D eigenvalue weighted by atomic mass is 15.1. The van der Waals surface area contributed by atoms with Crippen LogP contribution in [0.4, 0.5) is 0 Å². The van der Waals surface area contributed by atoms with Crippen LogP contribution < -0.4 is 0 Å². The first kappa shape index (κ1) is 18.4. The number of nitrogens with zero attached hydrogens (tertiary/aromatic N) is 5. The maximum absolute atomic E-state index is 9.12. The molecule has 0 bridgehead atoms. The quantitative estimate of drug-likeness (QED) is 0.679. The number of piperidine rings is 1. The van der Waals surface area contributed by atoms with E-state index in [-0.39, 0.29) is 0 Å². The fourth-order valence-corrected chi connectivity index (χ4v) is 4.12. The van der Waals surface area contributed by atoms with Crippen molar-refractivity contribution in [1.29, 1.82) is 5.26 Å². The van der Waals surface area contributed by atoms with Crippen LogP contribution in [0, 0.1) is 24.2 Å². The highest BCUT2D eigenvalue weighted by Crippen LogP contribution is 2.25. The van der Waals surface area contributed by atoms with Crippen LogP contribution >= 0.6 is 0 Å². The molecule has 1 unspecified atom stereocenters. The summed E-state index contributed by atoms with van der Waals surface area (Å²) in [6.07, 6.45) is 8.05. The molecule has 2 aromatic heterocycles. The van der Waals surface area contributed by atoms with Gasteiger partial charge in [-0.2, -0.15) is 5.26 Å². The molecule has 0 radical (unpaired) electrons. The van der Waals surface area contributed by atoms with E-state index in [9.17, 15) is 0 Å². The summed E-state index contributed by atoms with van der Waals surface area (Å²) >= 11 is 0. The van der Waals surface area contributed by atoms with Gasteiger partial charge < -0.3 is 4.57 Å². The standard InChI is InChI=1S/C23H25N5/c1-18-14-26-23(22-7-9-25-10-8-22)28(18)17-21-6-3-11-27(16-21)15-20-5-2-4-19(12-20)13-24/h2,4-5,7-10,12,14,21H,3,6,11,15-17H2,1H3. The zero-order valence-corrected chi connectivity index (χ0v) is 16.3. The lowest BCUT2D eigenvalue weighted by atomic mass is 9.97. The van der Waals surface area contributed by atoms with Crippen molar-refractivity contribution in [3.8, 4) is 17.5 Å². The molecule has 1 saturated heterocycles. The topological polar surface area (TPSA) is 57.7 Å². The zero-order chi connectivity index (χ0) is 19.3. The smallest absolute Gasteiger partial charge is 0.140 e. The second-order valence-electron chi connectivity index (χ2n) is 7.63. The summed E-state index contributed by atoms with van der Waals surface area (Å²) in [4.78, 5) is 11.3. The molecule has 0 aliphatic carbocycles. The Hall–Kier alpha value is -2.97. The zero-order valence-electron chi connectivity index (χ0n) is 16.3. The highest BCUT2D eigenvalue weighted by molar-refractivity contribution is 5.55. The van der Waals surface area contributed by atoms with Gasteiger partial charge >= 0.3 is 0 Å². The Balaban J connectivity index is 1.46. The lowest BCUT2D eigenvalue weighted by Gasteiger charge is -2.33. The Morgan fingerprint density at radius 2 is 2.07 bits per heavy atom. The Morgan fingerprint density at radius 3 is 2.89 bits per heavy atom. The summed E-state index contributed by atoms with van der Waals surface area (Å²) in [7, 11) is 0. The predicted molar refractivity (Wildman–Crippen MR) is 109 cm³/mol. The first-order chi connectivity index (χ1) is 13.7. The number of likely N-dealkylation sites (tertiary alicyclic amines) is 1. The minimum Gasteiger partial charge on any atom is -0.328 e. The largest absolute Gasteiger partial charge is 0.328 e.